The van der Waals surface area contributed by atoms with Gasteiger partial charge in [-0.2, -0.15) is 14.0 Å². The van der Waals surface area contributed by atoms with Crippen molar-refractivity contribution in [1.29, 1.82) is 5.26 Å². The Morgan fingerprint density at radius 1 is 1.53 bits per heavy atom. The molecule has 78 valence electrons. The third kappa shape index (κ3) is 2.29. The molecule has 0 fully saturated rings. The molecule has 1 aromatic rings. The van der Waals surface area contributed by atoms with Crippen LogP contribution in [0.15, 0.2) is 12.1 Å². The molecule has 0 atom stereocenters. The molecule has 0 amide bonds. The summed E-state index contributed by atoms with van der Waals surface area (Å²) in [5.41, 5.74) is 0.264. The van der Waals surface area contributed by atoms with E-state index in [1.54, 1.807) is 6.07 Å². The van der Waals surface area contributed by atoms with Gasteiger partial charge in [-0.15, -0.1) is 0 Å². The van der Waals surface area contributed by atoms with Crippen LogP contribution in [0.1, 0.15) is 21.5 Å². The molecule has 5 heteroatoms. The van der Waals surface area contributed by atoms with Crippen molar-refractivity contribution in [2.45, 2.75) is 13.5 Å². The topological polar surface area (TPSA) is 50.1 Å². The van der Waals surface area contributed by atoms with Crippen LogP contribution < -0.4 is 4.74 Å². The lowest BCUT2D eigenvalue weighted by atomic mass is 10.0. The number of hydrogen-bond donors (Lipinski definition) is 0. The van der Waals surface area contributed by atoms with Gasteiger partial charge >= 0.3 is 6.61 Å². The van der Waals surface area contributed by atoms with E-state index in [2.05, 4.69) is 4.74 Å². The Hall–Kier alpha value is -1.96. The van der Waals surface area contributed by atoms with E-state index in [0.29, 0.717) is 11.8 Å². The minimum atomic E-state index is -3.02. The van der Waals surface area contributed by atoms with Crippen molar-refractivity contribution in [1.82, 2.24) is 0 Å². The lowest BCUT2D eigenvalue weighted by Gasteiger charge is -2.10. The molecule has 0 saturated carbocycles. The van der Waals surface area contributed by atoms with Crippen molar-refractivity contribution in [2.24, 2.45) is 0 Å². The predicted molar refractivity (Wildman–Crippen MR) is 47.9 cm³/mol. The minimum Gasteiger partial charge on any atom is -0.434 e. The van der Waals surface area contributed by atoms with Gasteiger partial charge < -0.3 is 4.74 Å². The fourth-order valence-electron chi connectivity index (χ4n) is 1.17. The normalized spacial score (nSPS) is 9.80. The maximum Gasteiger partial charge on any atom is 0.387 e. The predicted octanol–water partition coefficient (Wildman–Crippen LogP) is 2.28. The number of nitrogens with zero attached hydrogens (tertiary/aromatic N) is 1. The lowest BCUT2D eigenvalue weighted by Crippen LogP contribution is -2.07. The van der Waals surface area contributed by atoms with E-state index < -0.39 is 6.61 Å². The molecule has 0 aliphatic rings. The van der Waals surface area contributed by atoms with Crippen LogP contribution in [0.3, 0.4) is 0 Å². The first-order chi connectivity index (χ1) is 7.10. The van der Waals surface area contributed by atoms with Crippen molar-refractivity contribution in [3.05, 3.63) is 28.8 Å². The Labute approximate surface area is 84.9 Å². The smallest absolute Gasteiger partial charge is 0.387 e. The molecule has 1 rings (SSSR count). The third-order valence-corrected chi connectivity index (χ3v) is 1.84. The zero-order valence-corrected chi connectivity index (χ0v) is 7.83. The number of carbonyl (C=O) groups is 1. The summed E-state index contributed by atoms with van der Waals surface area (Å²) in [7, 11) is 0. The zero-order valence-electron chi connectivity index (χ0n) is 7.83. The number of carbonyl (C=O) groups excluding carboxylic acids is 1. The number of rotatable bonds is 3. The summed E-state index contributed by atoms with van der Waals surface area (Å²) in [5, 5.41) is 8.65. The Morgan fingerprint density at radius 2 is 2.20 bits per heavy atom. The first-order valence-corrected chi connectivity index (χ1v) is 4.03. The fourth-order valence-corrected chi connectivity index (χ4v) is 1.17. The molecule has 0 saturated heterocycles. The van der Waals surface area contributed by atoms with Gasteiger partial charge in [-0.3, -0.25) is 4.79 Å². The number of halogens is 2. The van der Waals surface area contributed by atoms with Gasteiger partial charge in [0.25, 0.3) is 0 Å². The molecule has 15 heavy (non-hydrogen) atoms. The lowest BCUT2D eigenvalue weighted by molar-refractivity contribution is -0.0505. The summed E-state index contributed by atoms with van der Waals surface area (Å²) < 4.78 is 28.3. The summed E-state index contributed by atoms with van der Waals surface area (Å²) in [5.74, 6) is -0.237. The Kier molecular flexibility index (Phi) is 3.34. The largest absolute Gasteiger partial charge is 0.434 e. The summed E-state index contributed by atoms with van der Waals surface area (Å²) in [6.07, 6.45) is 0.337. The van der Waals surface area contributed by atoms with Gasteiger partial charge in [-0.1, -0.05) is 6.07 Å². The molecule has 0 heterocycles. The van der Waals surface area contributed by atoms with E-state index in [4.69, 9.17) is 5.26 Å². The van der Waals surface area contributed by atoms with E-state index in [-0.39, 0.29) is 16.9 Å². The van der Waals surface area contributed by atoms with Crippen LogP contribution in [0, 0.1) is 18.3 Å². The van der Waals surface area contributed by atoms with Gasteiger partial charge in [0, 0.05) is 0 Å². The maximum absolute atomic E-state index is 12.0. The molecular weight excluding hydrogens is 204 g/mol. The highest BCUT2D eigenvalue weighted by Crippen LogP contribution is 2.26. The SMILES string of the molecule is Cc1ccc(C#N)c(C=O)c1OC(F)F. The van der Waals surface area contributed by atoms with E-state index in [9.17, 15) is 13.6 Å². The first kappa shape index (κ1) is 11.1. The molecule has 0 aliphatic carbocycles. The molecule has 1 aromatic carbocycles. The fraction of sp³-hybridized carbons (Fsp3) is 0.200. The van der Waals surface area contributed by atoms with E-state index >= 15 is 0 Å². The number of benzene rings is 1. The van der Waals surface area contributed by atoms with Crippen molar-refractivity contribution in [2.75, 3.05) is 0 Å². The van der Waals surface area contributed by atoms with Crippen molar-refractivity contribution in [3.8, 4) is 11.8 Å². The summed E-state index contributed by atoms with van der Waals surface area (Å²) in [6, 6.07) is 4.57. The van der Waals surface area contributed by atoms with Crippen LogP contribution in [-0.2, 0) is 0 Å². The average Bonchev–Trinajstić information content (AvgIpc) is 2.20. The zero-order chi connectivity index (χ0) is 11.4. The van der Waals surface area contributed by atoms with Gasteiger partial charge in [0.2, 0.25) is 0 Å². The molecule has 0 aliphatic heterocycles. The standard InChI is InChI=1S/C10H7F2NO2/c1-6-2-3-7(4-13)8(5-14)9(6)15-10(11)12/h2-3,5,10H,1H3. The number of nitriles is 1. The number of aryl methyl sites for hydroxylation is 1. The Morgan fingerprint density at radius 3 is 2.67 bits per heavy atom. The number of alkyl halides is 2. The summed E-state index contributed by atoms with van der Waals surface area (Å²) in [6.45, 7) is -1.50. The van der Waals surface area contributed by atoms with Crippen LogP contribution >= 0.6 is 0 Å². The van der Waals surface area contributed by atoms with Crippen molar-refractivity contribution in [3.63, 3.8) is 0 Å². The molecule has 0 aromatic heterocycles. The summed E-state index contributed by atoms with van der Waals surface area (Å²) >= 11 is 0. The molecule has 3 nitrogen and oxygen atoms in total. The van der Waals surface area contributed by atoms with Gasteiger partial charge in [0.1, 0.15) is 11.8 Å². The second-order valence-corrected chi connectivity index (χ2v) is 2.78. The van der Waals surface area contributed by atoms with Gasteiger partial charge in [0.05, 0.1) is 11.1 Å². The first-order valence-electron chi connectivity index (χ1n) is 4.03. The van der Waals surface area contributed by atoms with Crippen LogP contribution in [0.25, 0.3) is 0 Å². The van der Waals surface area contributed by atoms with Gasteiger partial charge in [-0.05, 0) is 18.6 Å². The molecule has 0 spiro atoms. The monoisotopic (exact) mass is 211 g/mol. The van der Waals surface area contributed by atoms with Crippen LogP contribution in [0.5, 0.6) is 5.75 Å². The van der Waals surface area contributed by atoms with Crippen LogP contribution in [-0.4, -0.2) is 12.9 Å². The van der Waals surface area contributed by atoms with Crippen molar-refractivity contribution < 1.29 is 18.3 Å². The van der Waals surface area contributed by atoms with E-state index in [1.165, 1.54) is 19.1 Å². The average molecular weight is 211 g/mol. The Balaban J connectivity index is 3.33. The second kappa shape index (κ2) is 4.51. The van der Waals surface area contributed by atoms with Crippen molar-refractivity contribution >= 4 is 6.29 Å². The molecule has 0 bridgehead atoms. The van der Waals surface area contributed by atoms with E-state index in [0.717, 1.165) is 0 Å². The van der Waals surface area contributed by atoms with Gasteiger partial charge in [-0.25, -0.2) is 0 Å². The molecule has 0 N–H and O–H groups in total. The molecule has 0 unspecified atom stereocenters. The number of ether oxygens (including phenoxy) is 1. The third-order valence-electron chi connectivity index (χ3n) is 1.84. The second-order valence-electron chi connectivity index (χ2n) is 2.78. The Bertz CT molecular complexity index is 424. The number of hydrogen-bond acceptors (Lipinski definition) is 3. The highest BCUT2D eigenvalue weighted by molar-refractivity contribution is 5.84. The quantitative estimate of drug-likeness (QED) is 0.720. The molecule has 0 radical (unpaired) electrons. The highest BCUT2D eigenvalue weighted by atomic mass is 19.3. The minimum absolute atomic E-state index is 0.0197. The van der Waals surface area contributed by atoms with Crippen LogP contribution in [0.2, 0.25) is 0 Å². The van der Waals surface area contributed by atoms with E-state index in [1.807, 2.05) is 0 Å². The number of aldehydes is 1. The highest BCUT2D eigenvalue weighted by Gasteiger charge is 2.15. The maximum atomic E-state index is 12.0. The molecular formula is C10H7F2NO2. The van der Waals surface area contributed by atoms with Gasteiger partial charge in [0.15, 0.2) is 6.29 Å². The van der Waals surface area contributed by atoms with Crippen LogP contribution in [0.4, 0.5) is 8.78 Å². The summed E-state index contributed by atoms with van der Waals surface area (Å²) in [4.78, 5) is 10.7.